The summed E-state index contributed by atoms with van der Waals surface area (Å²) in [6.07, 6.45) is 2.59. The lowest BCUT2D eigenvalue weighted by Gasteiger charge is -2.42. The second kappa shape index (κ2) is 8.56. The number of benzene rings is 1. The summed E-state index contributed by atoms with van der Waals surface area (Å²) >= 11 is 0. The molecular weight excluding hydrogens is 480 g/mol. The minimum Gasteiger partial charge on any atom is -0.383 e. The molecule has 0 atom stereocenters. The Balaban J connectivity index is 1.43. The third-order valence-corrected chi connectivity index (χ3v) is 6.86. The van der Waals surface area contributed by atoms with Crippen molar-refractivity contribution in [3.05, 3.63) is 82.4 Å². The van der Waals surface area contributed by atoms with Crippen molar-refractivity contribution in [1.29, 1.82) is 0 Å². The summed E-state index contributed by atoms with van der Waals surface area (Å²) in [5.41, 5.74) is 1.65. The molecule has 0 spiro atoms. The average molecular weight is 506 g/mol. The van der Waals surface area contributed by atoms with Crippen LogP contribution in [-0.2, 0) is 25.1 Å². The van der Waals surface area contributed by atoms with E-state index < -0.39 is 24.4 Å². The van der Waals surface area contributed by atoms with E-state index in [4.69, 9.17) is 0 Å². The van der Waals surface area contributed by atoms with Gasteiger partial charge in [-0.15, -0.1) is 6.58 Å². The number of alkyl halides is 2. The number of nitrogens with zero attached hydrogens (tertiary/aromatic N) is 5. The summed E-state index contributed by atoms with van der Waals surface area (Å²) < 4.78 is 30.0. The highest BCUT2D eigenvalue weighted by Crippen LogP contribution is 2.51. The number of halogens is 2. The fraction of sp³-hybridized carbons (Fsp3) is 0.308. The van der Waals surface area contributed by atoms with Crippen molar-refractivity contribution < 1.29 is 13.9 Å². The van der Waals surface area contributed by atoms with E-state index in [-0.39, 0.29) is 35.0 Å². The van der Waals surface area contributed by atoms with Crippen LogP contribution in [0, 0.1) is 0 Å². The smallest absolute Gasteiger partial charge is 0.278 e. The van der Waals surface area contributed by atoms with Gasteiger partial charge in [0.15, 0.2) is 11.5 Å². The molecule has 37 heavy (non-hydrogen) atoms. The molecule has 4 aromatic rings. The highest BCUT2D eigenvalue weighted by Gasteiger charge is 2.57. The number of aliphatic hydroxyl groups is 1. The molecule has 1 aliphatic heterocycles. The van der Waals surface area contributed by atoms with Gasteiger partial charge in [-0.25, -0.2) is 28.1 Å². The molecule has 0 unspecified atom stereocenters. The zero-order valence-electron chi connectivity index (χ0n) is 19.9. The number of anilines is 2. The number of allylic oxidation sites excluding steroid dienone is 1. The molecule has 2 aliphatic rings. The SMILES string of the molecule is C=CCn1c(=O)c2cnc(Nc3ccc4c(c3)CNCC4)nc2n1-c1cccc(C2(O)CC(F)(F)C2)n1. The van der Waals surface area contributed by atoms with E-state index in [0.717, 1.165) is 25.2 Å². The Morgan fingerprint density at radius 3 is 2.81 bits per heavy atom. The molecule has 3 N–H and O–H groups in total. The standard InChI is InChI=1S/C26H25F2N7O2/c1-2-10-34-23(36)19-13-30-24(31-18-7-6-16-8-9-29-12-17(16)11-18)33-22(19)35(34)21-5-3-4-20(32-21)25(37)14-26(27,28)15-25/h2-7,11,13,29,37H,1,8-10,12,14-15H2,(H,30,31,33). The van der Waals surface area contributed by atoms with Crippen LogP contribution in [0.1, 0.15) is 29.7 Å². The van der Waals surface area contributed by atoms with Gasteiger partial charge in [0.25, 0.3) is 11.5 Å². The predicted molar refractivity (Wildman–Crippen MR) is 134 cm³/mol. The van der Waals surface area contributed by atoms with Crippen LogP contribution in [0.4, 0.5) is 20.4 Å². The van der Waals surface area contributed by atoms with E-state index in [2.05, 4.69) is 38.2 Å². The molecule has 1 aliphatic carbocycles. The summed E-state index contributed by atoms with van der Waals surface area (Å²) in [4.78, 5) is 26.6. The predicted octanol–water partition coefficient (Wildman–Crippen LogP) is 3.17. The van der Waals surface area contributed by atoms with Gasteiger partial charge < -0.3 is 15.7 Å². The van der Waals surface area contributed by atoms with Gasteiger partial charge in [0.2, 0.25) is 5.95 Å². The second-order valence-corrected chi connectivity index (χ2v) is 9.58. The van der Waals surface area contributed by atoms with E-state index in [9.17, 15) is 18.7 Å². The maximum Gasteiger partial charge on any atom is 0.278 e. The van der Waals surface area contributed by atoms with E-state index >= 15 is 0 Å². The largest absolute Gasteiger partial charge is 0.383 e. The topological polar surface area (TPSA) is 110 Å². The fourth-order valence-electron chi connectivity index (χ4n) is 5.08. The molecule has 0 bridgehead atoms. The summed E-state index contributed by atoms with van der Waals surface area (Å²) in [5, 5.41) is 17.5. The van der Waals surface area contributed by atoms with Crippen LogP contribution in [0.5, 0.6) is 0 Å². The second-order valence-electron chi connectivity index (χ2n) is 9.58. The van der Waals surface area contributed by atoms with Crippen molar-refractivity contribution in [3.63, 3.8) is 0 Å². The third-order valence-electron chi connectivity index (χ3n) is 6.86. The Morgan fingerprint density at radius 1 is 1.19 bits per heavy atom. The van der Waals surface area contributed by atoms with Gasteiger partial charge in [-0.2, -0.15) is 4.98 Å². The van der Waals surface area contributed by atoms with Gasteiger partial charge >= 0.3 is 0 Å². The summed E-state index contributed by atoms with van der Waals surface area (Å²) in [7, 11) is 0. The van der Waals surface area contributed by atoms with Crippen LogP contribution in [0.15, 0.2) is 60.0 Å². The number of hydrogen-bond acceptors (Lipinski definition) is 7. The third kappa shape index (κ3) is 4.09. The molecule has 0 saturated heterocycles. The van der Waals surface area contributed by atoms with Crippen LogP contribution in [-0.4, -0.2) is 41.9 Å². The van der Waals surface area contributed by atoms with E-state index in [1.165, 1.54) is 32.8 Å². The molecule has 1 aromatic carbocycles. The summed E-state index contributed by atoms with van der Waals surface area (Å²) in [5.74, 6) is -2.38. The van der Waals surface area contributed by atoms with Gasteiger partial charge in [0.05, 0.1) is 12.2 Å². The van der Waals surface area contributed by atoms with Crippen molar-refractivity contribution in [3.8, 4) is 5.82 Å². The number of nitrogens with one attached hydrogen (secondary N) is 2. The van der Waals surface area contributed by atoms with E-state index in [1.807, 2.05) is 12.1 Å². The zero-order chi connectivity index (χ0) is 25.8. The van der Waals surface area contributed by atoms with Crippen molar-refractivity contribution in [1.82, 2.24) is 29.6 Å². The van der Waals surface area contributed by atoms with E-state index in [0.29, 0.717) is 5.65 Å². The average Bonchev–Trinajstić information content (AvgIpc) is 3.14. The lowest BCUT2D eigenvalue weighted by Crippen LogP contribution is -2.49. The minimum atomic E-state index is -2.93. The molecule has 9 nitrogen and oxygen atoms in total. The van der Waals surface area contributed by atoms with Crippen LogP contribution in [0.25, 0.3) is 16.9 Å². The summed E-state index contributed by atoms with van der Waals surface area (Å²) in [6.45, 7) is 5.63. The Hall–Kier alpha value is -3.96. The Labute approximate surface area is 210 Å². The normalized spacial score (nSPS) is 17.7. The number of pyridine rings is 1. The van der Waals surface area contributed by atoms with Crippen LogP contribution < -0.4 is 16.2 Å². The first-order chi connectivity index (χ1) is 17.8. The van der Waals surface area contributed by atoms with Crippen molar-refractivity contribution in [2.24, 2.45) is 0 Å². The Kier molecular flexibility index (Phi) is 5.42. The lowest BCUT2D eigenvalue weighted by molar-refractivity contribution is -0.212. The molecule has 0 radical (unpaired) electrons. The summed E-state index contributed by atoms with van der Waals surface area (Å²) in [6, 6.07) is 10.8. The number of rotatable bonds is 6. The molecule has 190 valence electrons. The first-order valence-corrected chi connectivity index (χ1v) is 12.0. The molecule has 3 aromatic heterocycles. The maximum absolute atomic E-state index is 13.6. The molecule has 11 heteroatoms. The number of aromatic nitrogens is 5. The van der Waals surface area contributed by atoms with E-state index in [1.54, 1.807) is 18.2 Å². The van der Waals surface area contributed by atoms with Gasteiger partial charge in [-0.1, -0.05) is 18.2 Å². The van der Waals surface area contributed by atoms with Crippen molar-refractivity contribution in [2.45, 2.75) is 43.9 Å². The first kappa shape index (κ1) is 23.4. The van der Waals surface area contributed by atoms with Gasteiger partial charge in [-0.05, 0) is 48.4 Å². The molecule has 0 amide bonds. The molecule has 4 heterocycles. The van der Waals surface area contributed by atoms with Crippen molar-refractivity contribution in [2.75, 3.05) is 11.9 Å². The lowest BCUT2D eigenvalue weighted by atomic mass is 9.74. The first-order valence-electron chi connectivity index (χ1n) is 12.0. The fourth-order valence-corrected chi connectivity index (χ4v) is 5.08. The Bertz CT molecular complexity index is 1590. The maximum atomic E-state index is 13.6. The van der Waals surface area contributed by atoms with Crippen molar-refractivity contribution >= 4 is 22.7 Å². The van der Waals surface area contributed by atoms with Crippen LogP contribution >= 0.6 is 0 Å². The number of hydrogen-bond donors (Lipinski definition) is 3. The van der Waals surface area contributed by atoms with Gasteiger partial charge in [0, 0.05) is 31.3 Å². The molecular formula is C26H25F2N7O2. The van der Waals surface area contributed by atoms with Gasteiger partial charge in [0.1, 0.15) is 11.0 Å². The molecule has 1 saturated carbocycles. The van der Waals surface area contributed by atoms with Gasteiger partial charge in [-0.3, -0.25) is 4.79 Å². The van der Waals surface area contributed by atoms with Crippen LogP contribution in [0.2, 0.25) is 0 Å². The zero-order valence-corrected chi connectivity index (χ0v) is 19.9. The highest BCUT2D eigenvalue weighted by molar-refractivity contribution is 5.77. The minimum absolute atomic E-state index is 0.116. The monoisotopic (exact) mass is 505 g/mol. The molecule has 6 rings (SSSR count). The quantitative estimate of drug-likeness (QED) is 0.345. The van der Waals surface area contributed by atoms with Crippen LogP contribution in [0.3, 0.4) is 0 Å². The highest BCUT2D eigenvalue weighted by atomic mass is 19.3. The Morgan fingerprint density at radius 2 is 2.03 bits per heavy atom. The molecule has 1 fully saturated rings. The number of fused-ring (bicyclic) bond motifs is 2.